The maximum atomic E-state index is 10.1. The van der Waals surface area contributed by atoms with Crippen molar-refractivity contribution >= 4 is 11.6 Å². The normalized spacial score (nSPS) is 32.0. The summed E-state index contributed by atoms with van der Waals surface area (Å²) >= 11 is 6.26. The minimum atomic E-state index is -0.0863. The molecule has 1 saturated carbocycles. The van der Waals surface area contributed by atoms with Gasteiger partial charge in [0.1, 0.15) is 0 Å². The SMILES string of the molecule is OC1CCCC1C1CCCN1Cc1ccccc1Cl. The largest absolute Gasteiger partial charge is 0.393 e. The third-order valence-electron chi connectivity index (χ3n) is 4.77. The van der Waals surface area contributed by atoms with Crippen LogP contribution in [0, 0.1) is 5.92 Å². The number of aliphatic hydroxyl groups excluding tert-OH is 1. The van der Waals surface area contributed by atoms with Gasteiger partial charge in [-0.1, -0.05) is 36.2 Å². The molecule has 1 heterocycles. The van der Waals surface area contributed by atoms with Crippen molar-refractivity contribution < 1.29 is 5.11 Å². The lowest BCUT2D eigenvalue weighted by molar-refractivity contribution is 0.0719. The van der Waals surface area contributed by atoms with E-state index in [2.05, 4.69) is 17.0 Å². The maximum absolute atomic E-state index is 10.1. The molecule has 1 aliphatic heterocycles. The molecule has 1 aromatic carbocycles. The number of rotatable bonds is 3. The first-order chi connectivity index (χ1) is 9.25. The molecule has 3 rings (SSSR count). The van der Waals surface area contributed by atoms with Crippen LogP contribution in [0.1, 0.15) is 37.7 Å². The van der Waals surface area contributed by atoms with E-state index >= 15 is 0 Å². The Bertz CT molecular complexity index is 437. The minimum absolute atomic E-state index is 0.0863. The van der Waals surface area contributed by atoms with Crippen molar-refractivity contribution in [1.82, 2.24) is 4.90 Å². The summed E-state index contributed by atoms with van der Waals surface area (Å²) in [7, 11) is 0. The van der Waals surface area contributed by atoms with Crippen LogP contribution in [0.15, 0.2) is 24.3 Å². The zero-order chi connectivity index (χ0) is 13.2. The van der Waals surface area contributed by atoms with E-state index < -0.39 is 0 Å². The molecule has 1 saturated heterocycles. The summed E-state index contributed by atoms with van der Waals surface area (Å²) < 4.78 is 0. The number of nitrogens with zero attached hydrogens (tertiary/aromatic N) is 1. The van der Waals surface area contributed by atoms with Crippen LogP contribution < -0.4 is 0 Å². The van der Waals surface area contributed by atoms with Gasteiger partial charge in [0.15, 0.2) is 0 Å². The van der Waals surface area contributed by atoms with Gasteiger partial charge in [-0.2, -0.15) is 0 Å². The van der Waals surface area contributed by atoms with Crippen LogP contribution in [-0.4, -0.2) is 28.7 Å². The highest BCUT2D eigenvalue weighted by molar-refractivity contribution is 6.31. The van der Waals surface area contributed by atoms with Gasteiger partial charge in [-0.3, -0.25) is 4.90 Å². The van der Waals surface area contributed by atoms with Crippen LogP contribution in [0.25, 0.3) is 0 Å². The van der Waals surface area contributed by atoms with Gasteiger partial charge in [-0.25, -0.2) is 0 Å². The molecular formula is C16H22ClNO. The Morgan fingerprint density at radius 1 is 1.16 bits per heavy atom. The molecule has 1 aromatic rings. The van der Waals surface area contributed by atoms with Crippen LogP contribution in [0.5, 0.6) is 0 Å². The maximum Gasteiger partial charge on any atom is 0.0583 e. The van der Waals surface area contributed by atoms with Gasteiger partial charge in [-0.05, 0) is 43.9 Å². The predicted octanol–water partition coefficient (Wildman–Crippen LogP) is 3.47. The molecule has 3 heteroatoms. The number of benzene rings is 1. The van der Waals surface area contributed by atoms with Crippen molar-refractivity contribution in [2.24, 2.45) is 5.92 Å². The number of hydrogen-bond acceptors (Lipinski definition) is 2. The van der Waals surface area contributed by atoms with Crippen molar-refractivity contribution in [2.75, 3.05) is 6.54 Å². The number of halogens is 1. The fourth-order valence-electron chi connectivity index (χ4n) is 3.80. The molecule has 3 atom stereocenters. The lowest BCUT2D eigenvalue weighted by Gasteiger charge is -2.31. The Kier molecular flexibility index (Phi) is 4.11. The van der Waals surface area contributed by atoms with E-state index in [-0.39, 0.29) is 6.10 Å². The zero-order valence-corrected chi connectivity index (χ0v) is 12.0. The van der Waals surface area contributed by atoms with E-state index in [4.69, 9.17) is 11.6 Å². The molecule has 2 nitrogen and oxygen atoms in total. The molecule has 0 aromatic heterocycles. The summed E-state index contributed by atoms with van der Waals surface area (Å²) in [5.41, 5.74) is 1.21. The van der Waals surface area contributed by atoms with Crippen molar-refractivity contribution in [2.45, 2.75) is 50.8 Å². The highest BCUT2D eigenvalue weighted by atomic mass is 35.5. The average molecular weight is 280 g/mol. The van der Waals surface area contributed by atoms with Gasteiger partial charge in [-0.15, -0.1) is 0 Å². The van der Waals surface area contributed by atoms with Gasteiger partial charge in [0, 0.05) is 23.5 Å². The standard InChI is InChI=1S/C16H22ClNO/c17-14-7-2-1-5-12(14)11-18-10-4-8-15(18)13-6-3-9-16(13)19/h1-2,5,7,13,15-16,19H,3-4,6,8-11H2. The topological polar surface area (TPSA) is 23.5 Å². The van der Waals surface area contributed by atoms with Gasteiger partial charge in [0.2, 0.25) is 0 Å². The van der Waals surface area contributed by atoms with Gasteiger partial charge in [0.25, 0.3) is 0 Å². The highest BCUT2D eigenvalue weighted by Gasteiger charge is 2.38. The predicted molar refractivity (Wildman–Crippen MR) is 78.2 cm³/mol. The Morgan fingerprint density at radius 2 is 2.00 bits per heavy atom. The summed E-state index contributed by atoms with van der Waals surface area (Å²) in [5, 5.41) is 11.0. The molecular weight excluding hydrogens is 258 g/mol. The Labute approximate surface area is 120 Å². The lowest BCUT2D eigenvalue weighted by Crippen LogP contribution is -2.38. The summed E-state index contributed by atoms with van der Waals surface area (Å²) in [6.07, 6.45) is 5.75. The van der Waals surface area contributed by atoms with Crippen molar-refractivity contribution in [1.29, 1.82) is 0 Å². The van der Waals surface area contributed by atoms with Gasteiger partial charge < -0.3 is 5.11 Å². The summed E-state index contributed by atoms with van der Waals surface area (Å²) in [6.45, 7) is 2.06. The Morgan fingerprint density at radius 3 is 2.74 bits per heavy atom. The molecule has 0 bridgehead atoms. The molecule has 2 aliphatic rings. The van der Waals surface area contributed by atoms with Crippen LogP contribution in [-0.2, 0) is 6.54 Å². The number of hydrogen-bond donors (Lipinski definition) is 1. The van der Waals surface area contributed by atoms with Crippen molar-refractivity contribution in [3.05, 3.63) is 34.9 Å². The minimum Gasteiger partial charge on any atom is -0.393 e. The summed E-state index contributed by atoms with van der Waals surface area (Å²) in [4.78, 5) is 2.53. The van der Waals surface area contributed by atoms with Crippen molar-refractivity contribution in [3.8, 4) is 0 Å². The first kappa shape index (κ1) is 13.4. The van der Waals surface area contributed by atoms with Crippen LogP contribution in [0.3, 0.4) is 0 Å². The molecule has 2 fully saturated rings. The van der Waals surface area contributed by atoms with Crippen LogP contribution in [0.2, 0.25) is 5.02 Å². The molecule has 104 valence electrons. The molecule has 0 amide bonds. The molecule has 0 radical (unpaired) electrons. The monoisotopic (exact) mass is 279 g/mol. The van der Waals surface area contributed by atoms with Gasteiger partial charge in [0.05, 0.1) is 6.10 Å². The van der Waals surface area contributed by atoms with Gasteiger partial charge >= 0.3 is 0 Å². The van der Waals surface area contributed by atoms with E-state index in [1.54, 1.807) is 0 Å². The molecule has 0 spiro atoms. The summed E-state index contributed by atoms with van der Waals surface area (Å²) in [5.74, 6) is 0.477. The molecule has 1 aliphatic carbocycles. The number of likely N-dealkylation sites (tertiary alicyclic amines) is 1. The fourth-order valence-corrected chi connectivity index (χ4v) is 3.99. The third kappa shape index (κ3) is 2.81. The van der Waals surface area contributed by atoms with E-state index in [1.165, 1.54) is 31.2 Å². The van der Waals surface area contributed by atoms with E-state index in [0.29, 0.717) is 12.0 Å². The van der Waals surface area contributed by atoms with E-state index in [9.17, 15) is 5.11 Å². The zero-order valence-electron chi connectivity index (χ0n) is 11.3. The third-order valence-corrected chi connectivity index (χ3v) is 5.14. The number of aliphatic hydroxyl groups is 1. The summed E-state index contributed by atoms with van der Waals surface area (Å²) in [6, 6.07) is 8.66. The quantitative estimate of drug-likeness (QED) is 0.916. The average Bonchev–Trinajstić information content (AvgIpc) is 3.01. The highest BCUT2D eigenvalue weighted by Crippen LogP contribution is 2.36. The van der Waals surface area contributed by atoms with Crippen LogP contribution in [0.4, 0.5) is 0 Å². The first-order valence-corrected chi connectivity index (χ1v) is 7.79. The molecule has 1 N–H and O–H groups in total. The second kappa shape index (κ2) is 5.82. The lowest BCUT2D eigenvalue weighted by atomic mass is 9.94. The first-order valence-electron chi connectivity index (χ1n) is 7.41. The smallest absolute Gasteiger partial charge is 0.0583 e. The Balaban J connectivity index is 1.71. The van der Waals surface area contributed by atoms with Crippen molar-refractivity contribution in [3.63, 3.8) is 0 Å². The second-order valence-electron chi connectivity index (χ2n) is 5.93. The Hall–Kier alpha value is -0.570. The molecule has 19 heavy (non-hydrogen) atoms. The van der Waals surface area contributed by atoms with E-state index in [0.717, 1.165) is 24.5 Å². The molecule has 3 unspecified atom stereocenters. The second-order valence-corrected chi connectivity index (χ2v) is 6.34. The fraction of sp³-hybridized carbons (Fsp3) is 0.625. The van der Waals surface area contributed by atoms with E-state index in [1.807, 2.05) is 12.1 Å². The van der Waals surface area contributed by atoms with Crippen LogP contribution >= 0.6 is 11.6 Å².